The number of phenolic OH excluding ortho intramolecular Hbond substituents is 4. The van der Waals surface area contributed by atoms with Gasteiger partial charge in [-0.2, -0.15) is 25.7 Å². The van der Waals surface area contributed by atoms with Crippen molar-refractivity contribution in [2.75, 3.05) is 11.4 Å². The fourth-order valence-electron chi connectivity index (χ4n) is 13.4. The number of carbonyl (C=O) groups is 1. The summed E-state index contributed by atoms with van der Waals surface area (Å²) >= 11 is 3.45. The number of aromatic nitrogens is 13. The predicted molar refractivity (Wildman–Crippen MR) is 424 cm³/mol. The lowest BCUT2D eigenvalue weighted by atomic mass is 9.97. The van der Waals surface area contributed by atoms with Crippen molar-refractivity contribution >= 4 is 115 Å². The lowest BCUT2D eigenvalue weighted by molar-refractivity contribution is -0.117. The summed E-state index contributed by atoms with van der Waals surface area (Å²) in [5.74, 6) is 3.68. The van der Waals surface area contributed by atoms with Crippen LogP contribution in [0.1, 0.15) is 18.4 Å². The Bertz CT molecular complexity index is 6670. The van der Waals surface area contributed by atoms with Crippen LogP contribution in [0, 0.1) is 11.3 Å². The van der Waals surface area contributed by atoms with E-state index in [1.807, 2.05) is 163 Å². The number of ether oxygens (including phenoxy) is 2. The second-order valence-corrected chi connectivity index (χ2v) is 26.5. The Morgan fingerprint density at radius 3 is 1.17 bits per heavy atom. The smallest absolute Gasteiger partial charge is 0.227 e. The molecule has 1 fully saturated rings. The number of nitriles is 1. The molecule has 0 unspecified atom stereocenters. The number of nitrogens with zero attached hydrogens (tertiary/aromatic N) is 11. The molecule has 0 spiro atoms. The molecule has 20 rings (SSSR count). The molecule has 0 radical (unpaired) electrons. The standard InChI is InChI=1S/C23H14N4O2.C22H14BrN3O2.C21H14N4O.C20H16N4O2/c24-12-14-1-7-17(8-2-14)29-22-11-21(15-3-5-16(28)6-4-15)26-20-10-9-19-18(23(20)22)13-25-27-19;23-14-3-7-16(8-4-14)28-21-11-20(13-1-5-15(27)6-2-13)25-19-10-9-18-17(22(19)21)12-24-26-18;26-15-3-1-14(2-4-15)20-11-16(13-7-9-22-10-8-13)21-17-12-23-25-18(17)5-6-19(21)24-20;25-13-5-3-12(4-6-13)17-10-18(24-9-1-2-19(24)26)20-14-11-21-23-15(14)7-8-16(20)22-17/h1-11,13,28H,(H,25,27);1-12,27H,(H,24,26);1-12,26H,(H,23,25);3-8,10-11,25H,1-2,9H2,(H,21,23). The first-order valence-electron chi connectivity index (χ1n) is 34.5. The fraction of sp³-hybridized carbons (Fsp3) is 0.0349. The highest BCUT2D eigenvalue weighted by molar-refractivity contribution is 9.10. The average Bonchev–Trinajstić information content (AvgIpc) is 1.77. The second kappa shape index (κ2) is 29.0. The van der Waals surface area contributed by atoms with Crippen molar-refractivity contribution in [1.29, 1.82) is 5.26 Å². The van der Waals surface area contributed by atoms with Gasteiger partial charge in [-0.1, -0.05) is 15.9 Å². The summed E-state index contributed by atoms with van der Waals surface area (Å²) in [6.07, 6.45) is 12.2. The summed E-state index contributed by atoms with van der Waals surface area (Å²) in [4.78, 5) is 37.7. The van der Waals surface area contributed by atoms with Gasteiger partial charge in [-0.25, -0.2) is 19.9 Å². The van der Waals surface area contributed by atoms with E-state index < -0.39 is 0 Å². The van der Waals surface area contributed by atoms with Crippen LogP contribution in [0.3, 0.4) is 0 Å². The minimum absolute atomic E-state index is 0.134. The Hall–Kier alpha value is -14.9. The van der Waals surface area contributed by atoms with E-state index in [1.165, 1.54) is 0 Å². The molecule has 10 heterocycles. The number of amides is 1. The number of nitrogens with one attached hydrogen (secondary N) is 4. The maximum atomic E-state index is 12.4. The molecule has 0 atom stereocenters. The van der Waals surface area contributed by atoms with Crippen LogP contribution in [0.4, 0.5) is 5.69 Å². The van der Waals surface area contributed by atoms with Gasteiger partial charge in [0.25, 0.3) is 0 Å². The van der Waals surface area contributed by atoms with Crippen LogP contribution in [0.25, 0.3) is 143 Å². The zero-order valence-electron chi connectivity index (χ0n) is 57.3. The van der Waals surface area contributed by atoms with Gasteiger partial charge in [-0.3, -0.25) is 30.2 Å². The van der Waals surface area contributed by atoms with Crippen molar-refractivity contribution < 1.29 is 34.7 Å². The van der Waals surface area contributed by atoms with Crippen molar-refractivity contribution in [3.63, 3.8) is 0 Å². The molecule has 10 aromatic carbocycles. The van der Waals surface area contributed by atoms with E-state index >= 15 is 0 Å². The van der Waals surface area contributed by atoms with E-state index in [2.05, 4.69) is 73.8 Å². The number of halogens is 1. The van der Waals surface area contributed by atoms with E-state index in [4.69, 9.17) is 34.7 Å². The maximum absolute atomic E-state index is 12.4. The van der Waals surface area contributed by atoms with Gasteiger partial charge in [-0.05, 0) is 236 Å². The van der Waals surface area contributed by atoms with Crippen LogP contribution in [-0.4, -0.2) is 98.6 Å². The van der Waals surface area contributed by atoms with E-state index in [0.29, 0.717) is 35.8 Å². The lowest BCUT2D eigenvalue weighted by Crippen LogP contribution is -2.24. The zero-order valence-corrected chi connectivity index (χ0v) is 58.9. The molecular formula is C86H58BrN15O7. The number of rotatable bonds is 10. The summed E-state index contributed by atoms with van der Waals surface area (Å²) < 4.78 is 13.5. The summed E-state index contributed by atoms with van der Waals surface area (Å²) in [6, 6.07) is 72.1. The quantitative estimate of drug-likeness (QED) is 0.0631. The predicted octanol–water partition coefficient (Wildman–Crippen LogP) is 19.3. The van der Waals surface area contributed by atoms with E-state index in [0.717, 1.165) is 166 Å². The highest BCUT2D eigenvalue weighted by atomic mass is 79.9. The first kappa shape index (κ1) is 67.3. The van der Waals surface area contributed by atoms with E-state index in [-0.39, 0.29) is 28.9 Å². The van der Waals surface area contributed by atoms with Crippen LogP contribution in [0.2, 0.25) is 0 Å². The van der Waals surface area contributed by atoms with Gasteiger partial charge in [0.15, 0.2) is 0 Å². The molecule has 1 aliphatic rings. The minimum atomic E-state index is 0.134. The van der Waals surface area contributed by atoms with Crippen molar-refractivity contribution in [3.05, 3.63) is 278 Å². The van der Waals surface area contributed by atoms with Crippen LogP contribution in [0.15, 0.2) is 272 Å². The van der Waals surface area contributed by atoms with Gasteiger partial charge < -0.3 is 34.8 Å². The highest BCUT2D eigenvalue weighted by Gasteiger charge is 2.26. The summed E-state index contributed by atoms with van der Waals surface area (Å²) in [6.45, 7) is 0.710. The molecule has 22 nitrogen and oxygen atoms in total. The van der Waals surface area contributed by atoms with Crippen molar-refractivity contribution in [1.82, 2.24) is 65.7 Å². The number of carbonyl (C=O) groups excluding carboxylic acids is 1. The number of phenols is 4. The van der Waals surface area contributed by atoms with Crippen LogP contribution in [0.5, 0.6) is 46.0 Å². The number of hydrogen-bond acceptors (Lipinski definition) is 17. The Morgan fingerprint density at radius 2 is 0.771 bits per heavy atom. The van der Waals surface area contributed by atoms with Crippen molar-refractivity contribution in [2.24, 2.45) is 0 Å². The Kier molecular flexibility index (Phi) is 17.9. The molecule has 23 heteroatoms. The maximum Gasteiger partial charge on any atom is 0.227 e. The number of hydrogen-bond donors (Lipinski definition) is 8. The fourth-order valence-corrected chi connectivity index (χ4v) is 13.7. The summed E-state index contributed by atoms with van der Waals surface area (Å²) in [5.41, 5.74) is 17.3. The van der Waals surface area contributed by atoms with Gasteiger partial charge in [0.1, 0.15) is 46.0 Å². The molecule has 19 aromatic rings. The molecule has 0 bridgehead atoms. The average molecular weight is 1490 g/mol. The van der Waals surface area contributed by atoms with Crippen molar-refractivity contribution in [2.45, 2.75) is 12.8 Å². The van der Waals surface area contributed by atoms with Gasteiger partial charge in [-0.15, -0.1) is 0 Å². The number of fused-ring (bicyclic) bond motifs is 12. The number of anilines is 1. The van der Waals surface area contributed by atoms with E-state index in [1.54, 1.807) is 104 Å². The topological polar surface area (TPSA) is 323 Å². The first-order valence-corrected chi connectivity index (χ1v) is 35.2. The third-order valence-corrected chi connectivity index (χ3v) is 19.3. The number of benzene rings is 10. The summed E-state index contributed by atoms with van der Waals surface area (Å²) in [5, 5.41) is 83.5. The number of aromatic hydroxyl groups is 4. The second-order valence-electron chi connectivity index (χ2n) is 25.6. The highest BCUT2D eigenvalue weighted by Crippen LogP contribution is 2.43. The molecule has 1 amide bonds. The summed E-state index contributed by atoms with van der Waals surface area (Å²) in [7, 11) is 0. The van der Waals surface area contributed by atoms with E-state index in [9.17, 15) is 25.2 Å². The molecule has 1 aliphatic heterocycles. The third kappa shape index (κ3) is 13.7. The molecule has 0 aliphatic carbocycles. The molecular weight excluding hydrogens is 1430 g/mol. The molecule has 0 saturated carbocycles. The van der Waals surface area contributed by atoms with Gasteiger partial charge in [0, 0.05) is 96.5 Å². The van der Waals surface area contributed by atoms with Gasteiger partial charge >= 0.3 is 0 Å². The molecule has 8 N–H and O–H groups in total. The largest absolute Gasteiger partial charge is 0.508 e. The van der Waals surface area contributed by atoms with Gasteiger partial charge in [0.05, 0.1) is 120 Å². The Labute approximate surface area is 627 Å². The lowest BCUT2D eigenvalue weighted by Gasteiger charge is -2.19. The van der Waals surface area contributed by atoms with Crippen LogP contribution in [-0.2, 0) is 4.79 Å². The Balaban J connectivity index is 0.000000106. The minimum Gasteiger partial charge on any atom is -0.508 e. The van der Waals surface area contributed by atoms with Crippen LogP contribution < -0.4 is 14.4 Å². The third-order valence-electron chi connectivity index (χ3n) is 18.7. The number of pyridine rings is 5. The SMILES string of the molecule is N#Cc1ccc(Oc2cc(-c3ccc(O)cc3)nc3ccc4[nH]ncc4c23)cc1.O=C1CCCN1c1cc(-c2ccc(O)cc2)nc2ccc3[nH]ncc3c12.Oc1ccc(-c2cc(-c3ccncc3)c3c(ccc4[nH]ncc43)n2)cc1.Oc1ccc(-c2cc(Oc3ccc(Br)cc3)c3c(ccc4[nH]ncc43)n2)cc1. The molecule has 9 aromatic heterocycles. The normalized spacial score (nSPS) is 11.9. The zero-order chi connectivity index (χ0) is 74.1. The number of aromatic amines is 4. The van der Waals surface area contributed by atoms with Crippen LogP contribution >= 0.6 is 15.9 Å². The van der Waals surface area contributed by atoms with Gasteiger partial charge in [0.2, 0.25) is 5.91 Å². The molecule has 526 valence electrons. The van der Waals surface area contributed by atoms with Crippen molar-refractivity contribution in [3.8, 4) is 108 Å². The molecule has 1 saturated heterocycles. The number of H-pyrrole nitrogens is 4. The Morgan fingerprint density at radius 1 is 0.404 bits per heavy atom. The first-order chi connectivity index (χ1) is 53.4. The molecule has 109 heavy (non-hydrogen) atoms. The monoisotopic (exact) mass is 1490 g/mol.